The molecule has 0 spiro atoms. The van der Waals surface area contributed by atoms with Crippen molar-refractivity contribution in [1.82, 2.24) is 9.55 Å². The van der Waals surface area contributed by atoms with E-state index in [2.05, 4.69) is 10.3 Å². The highest BCUT2D eigenvalue weighted by Gasteiger charge is 2.05. The maximum absolute atomic E-state index is 13.1. The van der Waals surface area contributed by atoms with E-state index in [1.54, 1.807) is 13.0 Å². The Kier molecular flexibility index (Phi) is 2.68. The minimum atomic E-state index is -0.374. The maximum atomic E-state index is 13.1. The third-order valence-electron chi connectivity index (χ3n) is 2.03. The van der Waals surface area contributed by atoms with Crippen molar-refractivity contribution >= 4 is 11.7 Å². The van der Waals surface area contributed by atoms with E-state index in [1.807, 2.05) is 0 Å². The van der Waals surface area contributed by atoms with Crippen molar-refractivity contribution in [1.29, 1.82) is 0 Å². The van der Waals surface area contributed by atoms with Gasteiger partial charge >= 0.3 is 6.03 Å². The molecule has 0 atom stereocenters. The summed E-state index contributed by atoms with van der Waals surface area (Å²) in [5.74, 6) is -0.374. The van der Waals surface area contributed by atoms with Crippen molar-refractivity contribution in [2.24, 2.45) is 0 Å². The molecule has 0 saturated heterocycles. The van der Waals surface area contributed by atoms with Crippen LogP contribution in [-0.2, 0) is 0 Å². The first-order valence-corrected chi connectivity index (χ1v) is 4.71. The van der Waals surface area contributed by atoms with Gasteiger partial charge in [-0.05, 0) is 30.7 Å². The van der Waals surface area contributed by atoms with Gasteiger partial charge in [0.2, 0.25) is 0 Å². The van der Waals surface area contributed by atoms with Crippen molar-refractivity contribution in [3.8, 4) is 0 Å². The lowest BCUT2D eigenvalue weighted by atomic mass is 10.2. The molecule has 5 heteroatoms. The van der Waals surface area contributed by atoms with Gasteiger partial charge in [-0.1, -0.05) is 0 Å². The van der Waals surface area contributed by atoms with Gasteiger partial charge < -0.3 is 5.32 Å². The number of hydrogen-bond donors (Lipinski definition) is 1. The molecule has 82 valence electrons. The Labute approximate surface area is 91.7 Å². The first kappa shape index (κ1) is 10.4. The van der Waals surface area contributed by atoms with Crippen LogP contribution in [0.15, 0.2) is 36.9 Å². The Bertz CT molecular complexity index is 488. The molecule has 0 radical (unpaired) electrons. The number of nitrogens with one attached hydrogen (secondary N) is 1. The first-order valence-electron chi connectivity index (χ1n) is 4.71. The van der Waals surface area contributed by atoms with Gasteiger partial charge in [-0.25, -0.2) is 14.2 Å². The number of carbonyl (C=O) groups is 1. The van der Waals surface area contributed by atoms with Crippen LogP contribution >= 0.6 is 0 Å². The smallest absolute Gasteiger partial charge is 0.307 e. The largest absolute Gasteiger partial charge is 0.331 e. The molecule has 0 aliphatic carbocycles. The summed E-state index contributed by atoms with van der Waals surface area (Å²) in [7, 11) is 0. The lowest BCUT2D eigenvalue weighted by molar-refractivity contribution is 0.253. The van der Waals surface area contributed by atoms with Crippen LogP contribution in [0.1, 0.15) is 5.56 Å². The lowest BCUT2D eigenvalue weighted by Crippen LogP contribution is -2.17. The standard InChI is InChI=1S/C11H10FN3O/c1-8-4-9(12)6-10(5-8)14-11(16)15-3-2-13-7-15/h2-7H,1H3,(H,14,16). The summed E-state index contributed by atoms with van der Waals surface area (Å²) in [6.07, 6.45) is 4.39. The first-order chi connectivity index (χ1) is 7.65. The average Bonchev–Trinajstić information content (AvgIpc) is 2.68. The molecule has 0 aliphatic heterocycles. The Balaban J connectivity index is 2.18. The van der Waals surface area contributed by atoms with Crippen LogP contribution in [-0.4, -0.2) is 15.6 Å². The van der Waals surface area contributed by atoms with Crippen LogP contribution in [0.25, 0.3) is 0 Å². The molecule has 16 heavy (non-hydrogen) atoms. The van der Waals surface area contributed by atoms with Crippen molar-refractivity contribution in [3.63, 3.8) is 0 Å². The molecule has 0 bridgehead atoms. The molecule has 0 aliphatic rings. The molecule has 0 saturated carbocycles. The normalized spacial score (nSPS) is 10.1. The fourth-order valence-corrected chi connectivity index (χ4v) is 1.38. The van der Waals surface area contributed by atoms with Crippen LogP contribution in [0, 0.1) is 12.7 Å². The van der Waals surface area contributed by atoms with E-state index in [0.717, 1.165) is 5.56 Å². The SMILES string of the molecule is Cc1cc(F)cc(NC(=O)n2ccnc2)c1. The zero-order valence-corrected chi connectivity index (χ0v) is 8.64. The zero-order valence-electron chi connectivity index (χ0n) is 8.64. The Morgan fingerprint density at radius 2 is 2.25 bits per heavy atom. The fourth-order valence-electron chi connectivity index (χ4n) is 1.38. The minimum absolute atomic E-state index is 0.373. The number of benzene rings is 1. The van der Waals surface area contributed by atoms with Crippen LogP contribution < -0.4 is 5.32 Å². The second kappa shape index (κ2) is 4.14. The molecule has 1 heterocycles. The van der Waals surface area contributed by atoms with Gasteiger partial charge in [0.1, 0.15) is 12.1 Å². The number of amides is 1. The highest BCUT2D eigenvalue weighted by molar-refractivity contribution is 5.90. The number of anilines is 1. The van der Waals surface area contributed by atoms with Crippen molar-refractivity contribution in [2.75, 3.05) is 5.32 Å². The van der Waals surface area contributed by atoms with Crippen LogP contribution in [0.3, 0.4) is 0 Å². The van der Waals surface area contributed by atoms with Crippen LogP contribution in [0.4, 0.5) is 14.9 Å². The quantitative estimate of drug-likeness (QED) is 0.800. The van der Waals surface area contributed by atoms with Gasteiger partial charge in [-0.2, -0.15) is 0 Å². The molecule has 1 aromatic carbocycles. The summed E-state index contributed by atoms with van der Waals surface area (Å²) in [6.45, 7) is 1.76. The Morgan fingerprint density at radius 1 is 1.44 bits per heavy atom. The average molecular weight is 219 g/mol. The lowest BCUT2D eigenvalue weighted by Gasteiger charge is -2.06. The van der Waals surface area contributed by atoms with Crippen LogP contribution in [0.2, 0.25) is 0 Å². The molecule has 0 fully saturated rings. The summed E-state index contributed by atoms with van der Waals surface area (Å²) in [5, 5.41) is 2.57. The van der Waals surface area contributed by atoms with Gasteiger partial charge in [0.05, 0.1) is 0 Å². The molecule has 2 rings (SSSR count). The van der Waals surface area contributed by atoms with Gasteiger partial charge in [0, 0.05) is 18.1 Å². The van der Waals surface area contributed by atoms with Gasteiger partial charge in [0.25, 0.3) is 0 Å². The third kappa shape index (κ3) is 2.25. The van der Waals surface area contributed by atoms with Gasteiger partial charge in [-0.3, -0.25) is 4.57 Å². The molecule has 0 unspecified atom stereocenters. The predicted molar refractivity (Wildman–Crippen MR) is 57.8 cm³/mol. The minimum Gasteiger partial charge on any atom is -0.307 e. The zero-order chi connectivity index (χ0) is 11.5. The summed E-state index contributed by atoms with van der Waals surface area (Å²) < 4.78 is 14.3. The highest BCUT2D eigenvalue weighted by Crippen LogP contribution is 2.13. The van der Waals surface area contributed by atoms with E-state index in [4.69, 9.17) is 0 Å². The van der Waals surface area contributed by atoms with Gasteiger partial charge in [0.15, 0.2) is 0 Å². The summed E-state index contributed by atoms with van der Waals surface area (Å²) in [5.41, 5.74) is 1.18. The second-order valence-electron chi connectivity index (χ2n) is 3.42. The number of hydrogen-bond acceptors (Lipinski definition) is 2. The molecule has 4 nitrogen and oxygen atoms in total. The van der Waals surface area contributed by atoms with E-state index in [0.29, 0.717) is 5.69 Å². The number of rotatable bonds is 1. The summed E-state index contributed by atoms with van der Waals surface area (Å²) >= 11 is 0. The maximum Gasteiger partial charge on any atom is 0.331 e. The topological polar surface area (TPSA) is 46.9 Å². The number of nitrogens with zero attached hydrogens (tertiary/aromatic N) is 2. The predicted octanol–water partition coefficient (Wildman–Crippen LogP) is 2.41. The molecule has 2 aromatic rings. The summed E-state index contributed by atoms with van der Waals surface area (Å²) in [4.78, 5) is 15.3. The van der Waals surface area contributed by atoms with E-state index in [-0.39, 0.29) is 11.8 Å². The number of carbonyl (C=O) groups excluding carboxylic acids is 1. The fraction of sp³-hybridized carbons (Fsp3) is 0.0909. The monoisotopic (exact) mass is 219 g/mol. The number of aromatic nitrogens is 2. The van der Waals surface area contributed by atoms with E-state index >= 15 is 0 Å². The van der Waals surface area contributed by atoms with E-state index in [1.165, 1.54) is 35.4 Å². The molecule has 1 amide bonds. The third-order valence-corrected chi connectivity index (χ3v) is 2.03. The van der Waals surface area contributed by atoms with Crippen LogP contribution in [0.5, 0.6) is 0 Å². The Hall–Kier alpha value is -2.17. The number of aryl methyl sites for hydroxylation is 1. The summed E-state index contributed by atoms with van der Waals surface area (Å²) in [6, 6.07) is 3.98. The molecule has 1 aromatic heterocycles. The van der Waals surface area contributed by atoms with E-state index in [9.17, 15) is 9.18 Å². The highest BCUT2D eigenvalue weighted by atomic mass is 19.1. The molecular weight excluding hydrogens is 209 g/mol. The van der Waals surface area contributed by atoms with E-state index < -0.39 is 0 Å². The molecule has 1 N–H and O–H groups in total. The van der Waals surface area contributed by atoms with Crippen molar-refractivity contribution in [3.05, 3.63) is 48.3 Å². The van der Waals surface area contributed by atoms with Crippen molar-refractivity contribution in [2.45, 2.75) is 6.92 Å². The molecular formula is C11H10FN3O. The second-order valence-corrected chi connectivity index (χ2v) is 3.42. The van der Waals surface area contributed by atoms with Crippen molar-refractivity contribution < 1.29 is 9.18 Å². The Morgan fingerprint density at radius 3 is 2.88 bits per heavy atom. The van der Waals surface area contributed by atoms with Gasteiger partial charge in [-0.15, -0.1) is 0 Å². The number of halogens is 1. The number of imidazole rings is 1.